The van der Waals surface area contributed by atoms with Crippen molar-refractivity contribution in [3.8, 4) is 17.5 Å². The number of carbonyl (C=O) groups excluding carboxylic acids is 2. The molecule has 0 spiro atoms. The molecule has 1 aliphatic carbocycles. The number of nitrogens with one attached hydrogen (secondary N) is 1. The van der Waals surface area contributed by atoms with Gasteiger partial charge in [-0.2, -0.15) is 10.5 Å². The summed E-state index contributed by atoms with van der Waals surface area (Å²) in [6, 6.07) is 10.1. The lowest BCUT2D eigenvalue weighted by molar-refractivity contribution is -0.142. The summed E-state index contributed by atoms with van der Waals surface area (Å²) in [5.74, 6) is 1.02. The van der Waals surface area contributed by atoms with Gasteiger partial charge in [0.1, 0.15) is 6.04 Å². The quantitative estimate of drug-likeness (QED) is 0.691. The van der Waals surface area contributed by atoms with Crippen LogP contribution in [0.5, 0.6) is 0 Å². The second kappa shape index (κ2) is 7.87. The molecule has 2 aromatic rings. The van der Waals surface area contributed by atoms with Crippen molar-refractivity contribution in [2.24, 2.45) is 11.8 Å². The van der Waals surface area contributed by atoms with E-state index >= 15 is 0 Å². The highest BCUT2D eigenvalue weighted by molar-refractivity contribution is 5.86. The Labute approximate surface area is 197 Å². The van der Waals surface area contributed by atoms with Crippen LogP contribution in [0, 0.1) is 23.2 Å². The number of rotatable bonds is 6. The van der Waals surface area contributed by atoms with E-state index in [4.69, 9.17) is 0 Å². The van der Waals surface area contributed by atoms with Crippen molar-refractivity contribution in [1.82, 2.24) is 35.3 Å². The number of nitriles is 1. The van der Waals surface area contributed by atoms with Gasteiger partial charge in [-0.25, -0.2) is 0 Å². The number of fused-ring (bicyclic) bond motifs is 3. The number of amides is 2. The van der Waals surface area contributed by atoms with Gasteiger partial charge in [0.05, 0.1) is 18.2 Å². The zero-order valence-electron chi connectivity index (χ0n) is 19.3. The lowest BCUT2D eigenvalue weighted by Crippen LogP contribution is -2.53. The van der Waals surface area contributed by atoms with E-state index in [1.807, 2.05) is 41.0 Å². The summed E-state index contributed by atoms with van der Waals surface area (Å²) in [7, 11) is 0. The van der Waals surface area contributed by atoms with Gasteiger partial charge >= 0.3 is 0 Å². The number of likely N-dealkylation sites (tertiary alicyclic amines) is 3. The molecular formula is C24H28N8O2. The average Bonchev–Trinajstić information content (AvgIpc) is 3.28. The molecule has 176 valence electrons. The highest BCUT2D eigenvalue weighted by Crippen LogP contribution is 2.48. The van der Waals surface area contributed by atoms with E-state index in [1.165, 1.54) is 0 Å². The monoisotopic (exact) mass is 460 g/mol. The van der Waals surface area contributed by atoms with Crippen LogP contribution in [0.25, 0.3) is 11.4 Å². The number of aromatic amines is 1. The van der Waals surface area contributed by atoms with Crippen LogP contribution in [-0.2, 0) is 9.59 Å². The fraction of sp³-hybridized carbons (Fsp3) is 0.583. The number of hydrogen-bond donors (Lipinski definition) is 1. The molecule has 7 atom stereocenters. The number of carbonyl (C=O) groups is 2. The minimum Gasteiger partial charge on any atom is -0.330 e. The Morgan fingerprint density at radius 2 is 2.15 bits per heavy atom. The fourth-order valence-electron chi connectivity index (χ4n) is 6.35. The molecule has 2 amide bonds. The van der Waals surface area contributed by atoms with Crippen molar-refractivity contribution in [1.29, 1.82) is 5.26 Å². The summed E-state index contributed by atoms with van der Waals surface area (Å²) in [4.78, 5) is 32.5. The van der Waals surface area contributed by atoms with Crippen LogP contribution in [0.3, 0.4) is 0 Å². The normalized spacial score (nSPS) is 31.4. The van der Waals surface area contributed by atoms with Crippen LogP contribution in [-0.4, -0.2) is 84.4 Å². The Balaban J connectivity index is 1.12. The van der Waals surface area contributed by atoms with E-state index in [2.05, 4.69) is 38.5 Å². The van der Waals surface area contributed by atoms with Gasteiger partial charge < -0.3 is 9.80 Å². The third-order valence-corrected chi connectivity index (χ3v) is 8.14. The number of aromatic nitrogens is 4. The van der Waals surface area contributed by atoms with Crippen molar-refractivity contribution < 1.29 is 9.59 Å². The van der Waals surface area contributed by atoms with Crippen LogP contribution < -0.4 is 0 Å². The predicted molar refractivity (Wildman–Crippen MR) is 121 cm³/mol. The zero-order valence-corrected chi connectivity index (χ0v) is 19.3. The topological polar surface area (TPSA) is 122 Å². The first kappa shape index (κ1) is 21.2. The average molecular weight is 461 g/mol. The van der Waals surface area contributed by atoms with Gasteiger partial charge in [-0.1, -0.05) is 25.1 Å². The lowest BCUT2D eigenvalue weighted by Gasteiger charge is -2.38. The maximum atomic E-state index is 13.4. The molecule has 6 rings (SSSR count). The Kier molecular flexibility index (Phi) is 4.92. The second-order valence-corrected chi connectivity index (χ2v) is 10.2. The molecule has 3 saturated heterocycles. The highest BCUT2D eigenvalue weighted by atomic mass is 16.2. The van der Waals surface area contributed by atoms with Crippen LogP contribution in [0.1, 0.15) is 44.7 Å². The minimum atomic E-state index is -0.282. The predicted octanol–water partition coefficient (Wildman–Crippen LogP) is 1.36. The van der Waals surface area contributed by atoms with Gasteiger partial charge in [-0.3, -0.25) is 14.5 Å². The summed E-state index contributed by atoms with van der Waals surface area (Å²) < 4.78 is 0. The van der Waals surface area contributed by atoms with Gasteiger partial charge in [-0.15, -0.1) is 10.2 Å². The van der Waals surface area contributed by atoms with Crippen molar-refractivity contribution in [2.45, 2.75) is 63.3 Å². The van der Waals surface area contributed by atoms with E-state index < -0.39 is 0 Å². The molecule has 10 nitrogen and oxygen atoms in total. The summed E-state index contributed by atoms with van der Waals surface area (Å²) in [5.41, 5.74) is 1.90. The molecule has 1 N–H and O–H groups in total. The maximum Gasteiger partial charge on any atom is 0.240 e. The fourth-order valence-corrected chi connectivity index (χ4v) is 6.35. The summed E-state index contributed by atoms with van der Waals surface area (Å²) >= 11 is 0. The van der Waals surface area contributed by atoms with Crippen molar-refractivity contribution >= 4 is 11.8 Å². The van der Waals surface area contributed by atoms with Gasteiger partial charge in [0.2, 0.25) is 17.6 Å². The summed E-state index contributed by atoms with van der Waals surface area (Å²) in [6.45, 7) is 5.34. The first-order chi connectivity index (χ1) is 16.5. The molecule has 0 radical (unpaired) electrons. The van der Waals surface area contributed by atoms with Crippen molar-refractivity contribution in [3.63, 3.8) is 0 Å². The largest absolute Gasteiger partial charge is 0.330 e. The van der Waals surface area contributed by atoms with Crippen molar-refractivity contribution in [2.75, 3.05) is 13.1 Å². The molecule has 10 heteroatoms. The van der Waals surface area contributed by atoms with E-state index in [-0.39, 0.29) is 47.9 Å². The molecular weight excluding hydrogens is 432 g/mol. The van der Waals surface area contributed by atoms with E-state index in [1.54, 1.807) is 0 Å². The SMILES string of the molecule is C[C@H](c1cccc(-c2nn[nH]n2)c1)N1C(=O)[C@H]2C[C@@H]1CN2C[C@H](C)C(=O)N1C2C[C@H]2C[C@H]1C#N. The number of hydrogen-bond acceptors (Lipinski definition) is 7. The van der Waals surface area contributed by atoms with E-state index in [9.17, 15) is 14.9 Å². The Morgan fingerprint density at radius 1 is 1.29 bits per heavy atom. The number of piperidine rings is 1. The summed E-state index contributed by atoms with van der Waals surface area (Å²) in [6.07, 6.45) is 2.64. The molecule has 4 heterocycles. The number of tetrazole rings is 1. The standard InChI is InChI=1S/C24H28N8O2/c1-13(23(33)32-18(10-25)7-17-8-20(17)32)11-30-12-19-9-21(30)24(34)31(19)14(2)15-4-3-5-16(6-15)22-26-28-29-27-22/h3-6,13-14,17-21H,7-9,11-12H2,1-2H3,(H,26,27,28,29)/t13-,14+,17+,18-,19+,20?,21+/m0/s1. The third-order valence-electron chi connectivity index (χ3n) is 8.14. The minimum absolute atomic E-state index is 0.0651. The first-order valence-corrected chi connectivity index (χ1v) is 12.1. The molecule has 2 bridgehead atoms. The molecule has 4 fully saturated rings. The van der Waals surface area contributed by atoms with Crippen LogP contribution in [0.4, 0.5) is 0 Å². The van der Waals surface area contributed by atoms with Gasteiger partial charge in [-0.05, 0) is 48.9 Å². The number of H-pyrrole nitrogens is 1. The molecule has 3 aliphatic heterocycles. The number of benzene rings is 1. The molecule has 1 unspecified atom stereocenters. The van der Waals surface area contributed by atoms with Crippen LogP contribution in [0.15, 0.2) is 24.3 Å². The maximum absolute atomic E-state index is 13.4. The van der Waals surface area contributed by atoms with Gasteiger partial charge in [0.15, 0.2) is 0 Å². The summed E-state index contributed by atoms with van der Waals surface area (Å²) in [5, 5.41) is 23.6. The Bertz CT molecular complexity index is 1160. The van der Waals surface area contributed by atoms with E-state index in [0.29, 0.717) is 18.3 Å². The van der Waals surface area contributed by atoms with Crippen LogP contribution >= 0.6 is 0 Å². The molecule has 4 aliphatic rings. The molecule has 1 aromatic carbocycles. The molecule has 34 heavy (non-hydrogen) atoms. The second-order valence-electron chi connectivity index (χ2n) is 10.2. The Hall–Kier alpha value is -3.32. The van der Waals surface area contributed by atoms with E-state index in [0.717, 1.165) is 36.9 Å². The van der Waals surface area contributed by atoms with Gasteiger partial charge in [0.25, 0.3) is 0 Å². The number of nitrogens with zero attached hydrogens (tertiary/aromatic N) is 7. The zero-order chi connectivity index (χ0) is 23.6. The Morgan fingerprint density at radius 3 is 2.88 bits per heavy atom. The highest BCUT2D eigenvalue weighted by Gasteiger charge is 2.55. The number of piperazine rings is 1. The molecule has 1 aromatic heterocycles. The lowest BCUT2D eigenvalue weighted by atomic mass is 10.0. The third kappa shape index (κ3) is 3.29. The van der Waals surface area contributed by atoms with Gasteiger partial charge in [0, 0.05) is 36.7 Å². The smallest absolute Gasteiger partial charge is 0.240 e. The molecule has 1 saturated carbocycles. The van der Waals surface area contributed by atoms with Crippen molar-refractivity contribution in [3.05, 3.63) is 29.8 Å². The van der Waals surface area contributed by atoms with Crippen LogP contribution in [0.2, 0.25) is 0 Å². The first-order valence-electron chi connectivity index (χ1n) is 12.1.